The van der Waals surface area contributed by atoms with Crippen molar-refractivity contribution in [3.05, 3.63) is 52.5 Å². The summed E-state index contributed by atoms with van der Waals surface area (Å²) in [7, 11) is 8.66. The van der Waals surface area contributed by atoms with E-state index in [2.05, 4.69) is 29.5 Å². The van der Waals surface area contributed by atoms with E-state index in [1.165, 1.54) is 11.3 Å². The number of thiazole rings is 1. The fraction of sp³-hybridized carbons (Fsp3) is 0.690. The second-order valence-corrected chi connectivity index (χ2v) is 17.0. The number of ether oxygens (including phenoxy) is 2. The molecule has 308 valence electrons. The van der Waals surface area contributed by atoms with E-state index in [-0.39, 0.29) is 65.9 Å². The molecule has 0 aliphatic carbocycles. The zero-order valence-corrected chi connectivity index (χ0v) is 36.1. The van der Waals surface area contributed by atoms with Crippen molar-refractivity contribution in [1.82, 2.24) is 30.3 Å². The highest BCUT2D eigenvalue weighted by Gasteiger charge is 2.43. The summed E-state index contributed by atoms with van der Waals surface area (Å²) in [6, 6.07) is 7.83. The van der Waals surface area contributed by atoms with Crippen LogP contribution in [0.1, 0.15) is 90.8 Å². The molecule has 0 radical (unpaired) electrons. The highest BCUT2D eigenvalue weighted by atomic mass is 32.1. The molecule has 0 saturated carbocycles. The Balaban J connectivity index is 1.79. The molecule has 0 unspecified atom stereocenters. The number of aromatic nitrogens is 1. The van der Waals surface area contributed by atoms with Gasteiger partial charge in [-0.3, -0.25) is 24.1 Å². The first kappa shape index (κ1) is 46.0. The third kappa shape index (κ3) is 12.1. The Morgan fingerprint density at radius 2 is 1.62 bits per heavy atom. The van der Waals surface area contributed by atoms with Gasteiger partial charge in [-0.15, -0.1) is 11.3 Å². The van der Waals surface area contributed by atoms with Crippen LogP contribution < -0.4 is 10.6 Å². The van der Waals surface area contributed by atoms with E-state index >= 15 is 0 Å². The van der Waals surface area contributed by atoms with Gasteiger partial charge in [0.05, 0.1) is 48.7 Å². The van der Waals surface area contributed by atoms with Gasteiger partial charge in [0.25, 0.3) is 0 Å². The summed E-state index contributed by atoms with van der Waals surface area (Å²) < 4.78 is 12.1. The summed E-state index contributed by atoms with van der Waals surface area (Å²) in [5.74, 6) is -1.35. The van der Waals surface area contributed by atoms with Gasteiger partial charge < -0.3 is 29.9 Å². The topological polar surface area (TPSA) is 133 Å². The Labute approximate surface area is 334 Å². The first-order valence-corrected chi connectivity index (χ1v) is 20.8. The number of likely N-dealkylation sites (tertiary alicyclic amines) is 1. The molecule has 2 N–H and O–H groups in total. The van der Waals surface area contributed by atoms with Crippen molar-refractivity contribution in [3.8, 4) is 0 Å². The Hall–Kier alpha value is -3.39. The SMILES string of the molecule is CC[C@@H](C)[C@H]([C@@H](CC(=O)N1CCC[C@H]1[C@@H](OC)[C@H](C)C(=O)N[C@@H](Cc1ccccc1)c1nccs1)OC)N(C)C(=O)[C@@H](NC(=O)[C@H](C(C)C)N(C)C)C(C)C. The number of nitrogens with zero attached hydrogens (tertiary/aromatic N) is 4. The van der Waals surface area contributed by atoms with Crippen LogP contribution in [-0.2, 0) is 35.1 Å². The molecule has 1 saturated heterocycles. The van der Waals surface area contributed by atoms with Crippen molar-refractivity contribution in [2.24, 2.45) is 23.7 Å². The lowest BCUT2D eigenvalue weighted by atomic mass is 9.89. The summed E-state index contributed by atoms with van der Waals surface area (Å²) >= 11 is 1.51. The minimum atomic E-state index is -0.751. The lowest BCUT2D eigenvalue weighted by molar-refractivity contribution is -0.148. The van der Waals surface area contributed by atoms with Gasteiger partial charge in [0.2, 0.25) is 23.6 Å². The van der Waals surface area contributed by atoms with Gasteiger partial charge >= 0.3 is 0 Å². The van der Waals surface area contributed by atoms with E-state index in [1.54, 1.807) is 32.4 Å². The minimum absolute atomic E-state index is 0.00751. The van der Waals surface area contributed by atoms with E-state index in [0.717, 1.165) is 23.4 Å². The quantitative estimate of drug-likeness (QED) is 0.177. The van der Waals surface area contributed by atoms with Crippen LogP contribution in [-0.4, -0.2) is 122 Å². The van der Waals surface area contributed by atoms with Crippen LogP contribution in [0.5, 0.6) is 0 Å². The number of hydrogen-bond donors (Lipinski definition) is 2. The second-order valence-electron chi connectivity index (χ2n) is 16.1. The fourth-order valence-electron chi connectivity index (χ4n) is 8.17. The minimum Gasteiger partial charge on any atom is -0.379 e. The van der Waals surface area contributed by atoms with Gasteiger partial charge in [-0.05, 0) is 56.7 Å². The van der Waals surface area contributed by atoms with Crippen LogP contribution in [0.3, 0.4) is 0 Å². The summed E-state index contributed by atoms with van der Waals surface area (Å²) in [4.78, 5) is 65.8. The van der Waals surface area contributed by atoms with Gasteiger partial charge in [-0.2, -0.15) is 0 Å². The number of benzene rings is 1. The number of carbonyl (C=O) groups is 4. The molecule has 12 nitrogen and oxygen atoms in total. The first-order valence-electron chi connectivity index (χ1n) is 19.9. The lowest BCUT2D eigenvalue weighted by Gasteiger charge is -2.41. The zero-order valence-electron chi connectivity index (χ0n) is 35.3. The van der Waals surface area contributed by atoms with Crippen LogP contribution in [0.25, 0.3) is 0 Å². The molecular formula is C42H68N6O6S. The third-order valence-corrected chi connectivity index (χ3v) is 12.2. The fourth-order valence-corrected chi connectivity index (χ4v) is 8.86. The molecule has 1 fully saturated rings. The van der Waals surface area contributed by atoms with Crippen molar-refractivity contribution in [1.29, 1.82) is 0 Å². The van der Waals surface area contributed by atoms with E-state index in [1.807, 2.05) is 94.2 Å². The summed E-state index contributed by atoms with van der Waals surface area (Å²) in [6.07, 6.45) is 3.49. The van der Waals surface area contributed by atoms with Crippen molar-refractivity contribution >= 4 is 35.0 Å². The van der Waals surface area contributed by atoms with Crippen LogP contribution in [0.2, 0.25) is 0 Å². The highest BCUT2D eigenvalue weighted by Crippen LogP contribution is 2.30. The zero-order chi connectivity index (χ0) is 41.0. The van der Waals surface area contributed by atoms with E-state index in [0.29, 0.717) is 19.4 Å². The van der Waals surface area contributed by atoms with Gasteiger partial charge in [0, 0.05) is 39.4 Å². The highest BCUT2D eigenvalue weighted by molar-refractivity contribution is 7.09. The monoisotopic (exact) mass is 784 g/mol. The van der Waals surface area contributed by atoms with Gasteiger partial charge in [0.15, 0.2) is 0 Å². The number of rotatable bonds is 21. The van der Waals surface area contributed by atoms with Gasteiger partial charge in [-0.1, -0.05) is 85.2 Å². The van der Waals surface area contributed by atoms with Crippen molar-refractivity contribution in [2.45, 2.75) is 123 Å². The molecule has 55 heavy (non-hydrogen) atoms. The Morgan fingerprint density at radius 3 is 2.15 bits per heavy atom. The molecule has 1 aromatic heterocycles. The maximum atomic E-state index is 14.3. The average molecular weight is 785 g/mol. The van der Waals surface area contributed by atoms with Crippen LogP contribution in [0.4, 0.5) is 0 Å². The summed E-state index contributed by atoms with van der Waals surface area (Å²) in [6.45, 7) is 14.3. The maximum Gasteiger partial charge on any atom is 0.245 e. The summed E-state index contributed by atoms with van der Waals surface area (Å²) in [5.41, 5.74) is 1.09. The number of methoxy groups -OCH3 is 2. The van der Waals surface area contributed by atoms with Crippen molar-refractivity contribution < 1.29 is 28.7 Å². The molecule has 2 heterocycles. The van der Waals surface area contributed by atoms with Gasteiger partial charge in [-0.25, -0.2) is 4.98 Å². The van der Waals surface area contributed by atoms with Crippen LogP contribution in [0.15, 0.2) is 41.9 Å². The van der Waals surface area contributed by atoms with Gasteiger partial charge in [0.1, 0.15) is 11.0 Å². The Kier molecular flexibility index (Phi) is 18.2. The number of nitrogens with one attached hydrogen (secondary N) is 2. The molecule has 1 aromatic carbocycles. The predicted molar refractivity (Wildman–Crippen MR) is 218 cm³/mol. The Morgan fingerprint density at radius 1 is 0.945 bits per heavy atom. The summed E-state index contributed by atoms with van der Waals surface area (Å²) in [5, 5.41) is 9.02. The predicted octanol–water partition coefficient (Wildman–Crippen LogP) is 5.19. The molecule has 1 aliphatic rings. The molecule has 0 spiro atoms. The number of hydrogen-bond acceptors (Lipinski definition) is 9. The Bertz CT molecular complexity index is 1480. The number of likely N-dealkylation sites (N-methyl/N-ethyl adjacent to an activating group) is 2. The normalized spacial score (nSPS) is 19.0. The molecular weight excluding hydrogens is 717 g/mol. The molecule has 4 amide bonds. The molecule has 1 aliphatic heterocycles. The average Bonchev–Trinajstić information content (AvgIpc) is 3.87. The molecule has 9 atom stereocenters. The first-order chi connectivity index (χ1) is 26.1. The van der Waals surface area contributed by atoms with Crippen LogP contribution in [0, 0.1) is 23.7 Å². The standard InChI is InChI=1S/C42H68N6O6S/c1-13-28(6)37(47(10)42(52)35(26(2)3)45-40(51)36(27(4)5)46(8)9)33(53-11)25-34(49)48-22-17-20-32(48)38(54-12)29(7)39(50)44-31(41-43-21-23-55-41)24-30-18-15-14-16-19-30/h14-16,18-19,21,23,26-29,31-33,35-38H,13,17,20,22,24-25H2,1-12H3,(H,44,50)(H,45,51)/t28-,29+,31+,32+,33-,35+,36+,37-,38+/m1/s1. The molecule has 0 bridgehead atoms. The molecule has 2 aromatic rings. The largest absolute Gasteiger partial charge is 0.379 e. The number of amides is 4. The van der Waals surface area contributed by atoms with E-state index < -0.39 is 30.2 Å². The second kappa shape index (κ2) is 21.8. The van der Waals surface area contributed by atoms with Crippen LogP contribution >= 0.6 is 11.3 Å². The maximum absolute atomic E-state index is 14.3. The lowest BCUT2D eigenvalue weighted by Crippen LogP contribution is -2.59. The number of carbonyl (C=O) groups excluding carboxylic acids is 4. The van der Waals surface area contributed by atoms with Crippen molar-refractivity contribution in [3.63, 3.8) is 0 Å². The smallest absolute Gasteiger partial charge is 0.245 e. The third-order valence-electron chi connectivity index (χ3n) is 11.3. The van der Waals surface area contributed by atoms with E-state index in [9.17, 15) is 19.2 Å². The van der Waals surface area contributed by atoms with Crippen molar-refractivity contribution in [2.75, 3.05) is 41.9 Å². The van der Waals surface area contributed by atoms with E-state index in [4.69, 9.17) is 9.47 Å². The molecule has 3 rings (SSSR count). The molecule has 13 heteroatoms.